The molecule has 0 saturated carbocycles. The zero-order valence-electron chi connectivity index (χ0n) is 7.51. The molecule has 2 aromatic rings. The molecule has 1 heterocycles. The van der Waals surface area contributed by atoms with E-state index in [1.165, 1.54) is 17.4 Å². The summed E-state index contributed by atoms with van der Waals surface area (Å²) in [6.07, 6.45) is 0. The molecule has 0 aliphatic heterocycles. The Morgan fingerprint density at radius 2 is 2.13 bits per heavy atom. The van der Waals surface area contributed by atoms with Crippen LogP contribution in [0.15, 0.2) is 24.3 Å². The number of hydrogen-bond donors (Lipinski definition) is 0. The van der Waals surface area contributed by atoms with Crippen molar-refractivity contribution in [2.45, 2.75) is 5.88 Å². The van der Waals surface area contributed by atoms with Crippen LogP contribution in [0.5, 0.6) is 0 Å². The average molecular weight is 354 g/mol. The van der Waals surface area contributed by atoms with Gasteiger partial charge in [0.15, 0.2) is 3.01 Å². The molecule has 0 spiro atoms. The van der Waals surface area contributed by atoms with Gasteiger partial charge in [-0.05, 0) is 28.7 Å². The molecule has 0 fully saturated rings. The van der Waals surface area contributed by atoms with Crippen molar-refractivity contribution in [3.8, 4) is 10.4 Å². The van der Waals surface area contributed by atoms with Crippen LogP contribution in [0.1, 0.15) is 5.69 Å². The third kappa shape index (κ3) is 2.32. The van der Waals surface area contributed by atoms with Crippen molar-refractivity contribution in [2.24, 2.45) is 0 Å². The molecule has 0 bridgehead atoms. The van der Waals surface area contributed by atoms with E-state index < -0.39 is 0 Å². The zero-order valence-corrected chi connectivity index (χ0v) is 11.2. The van der Waals surface area contributed by atoms with Crippen molar-refractivity contribution >= 4 is 45.5 Å². The third-order valence-corrected chi connectivity index (χ3v) is 3.99. The van der Waals surface area contributed by atoms with Gasteiger partial charge in [0.05, 0.1) is 16.5 Å². The summed E-state index contributed by atoms with van der Waals surface area (Å²) in [5.41, 5.74) is 1.32. The van der Waals surface area contributed by atoms with Crippen LogP contribution in [0.2, 0.25) is 0 Å². The van der Waals surface area contributed by atoms with Crippen LogP contribution in [-0.2, 0) is 5.88 Å². The van der Waals surface area contributed by atoms with Gasteiger partial charge in [0, 0.05) is 5.56 Å². The summed E-state index contributed by atoms with van der Waals surface area (Å²) in [5.74, 6) is 0.0762. The van der Waals surface area contributed by atoms with Gasteiger partial charge < -0.3 is 0 Å². The highest BCUT2D eigenvalue weighted by molar-refractivity contribution is 14.1. The Balaban J connectivity index is 2.58. The summed E-state index contributed by atoms with van der Waals surface area (Å²) in [5, 5.41) is 0. The number of aromatic nitrogens is 1. The number of benzene rings is 1. The number of rotatable bonds is 2. The number of alkyl halides is 1. The monoisotopic (exact) mass is 353 g/mol. The molecular formula is C10H6ClFINS. The Labute approximate surface area is 109 Å². The molecule has 0 N–H and O–H groups in total. The number of thiazole rings is 1. The largest absolute Gasteiger partial charge is 0.233 e. The Bertz CT molecular complexity index is 486. The number of hydrogen-bond acceptors (Lipinski definition) is 2. The molecule has 0 aliphatic rings. The van der Waals surface area contributed by atoms with Crippen molar-refractivity contribution < 1.29 is 4.39 Å². The first kappa shape index (κ1) is 11.3. The Morgan fingerprint density at radius 1 is 1.40 bits per heavy atom. The highest BCUT2D eigenvalue weighted by Crippen LogP contribution is 2.33. The lowest BCUT2D eigenvalue weighted by atomic mass is 10.1. The summed E-state index contributed by atoms with van der Waals surface area (Å²) >= 11 is 9.34. The van der Waals surface area contributed by atoms with E-state index in [0.29, 0.717) is 11.4 Å². The first-order valence-electron chi connectivity index (χ1n) is 4.18. The van der Waals surface area contributed by atoms with Gasteiger partial charge >= 0.3 is 0 Å². The molecule has 1 aromatic heterocycles. The van der Waals surface area contributed by atoms with Gasteiger partial charge in [-0.2, -0.15) is 0 Å². The molecule has 0 unspecified atom stereocenters. The summed E-state index contributed by atoms with van der Waals surface area (Å²) in [4.78, 5) is 5.08. The van der Waals surface area contributed by atoms with Gasteiger partial charge in [0.1, 0.15) is 5.82 Å². The molecule has 2 rings (SSSR count). The lowest BCUT2D eigenvalue weighted by Gasteiger charge is -2.00. The maximum absolute atomic E-state index is 13.5. The Morgan fingerprint density at radius 3 is 2.80 bits per heavy atom. The molecular weight excluding hydrogens is 348 g/mol. The molecule has 5 heteroatoms. The molecule has 1 nitrogen and oxygen atoms in total. The Kier molecular flexibility index (Phi) is 3.58. The number of nitrogens with zero attached hydrogens (tertiary/aromatic N) is 1. The summed E-state index contributed by atoms with van der Waals surface area (Å²) in [6.45, 7) is 0. The van der Waals surface area contributed by atoms with Crippen molar-refractivity contribution in [3.05, 3.63) is 38.8 Å². The van der Waals surface area contributed by atoms with Crippen molar-refractivity contribution in [2.75, 3.05) is 0 Å². The lowest BCUT2D eigenvalue weighted by molar-refractivity contribution is 0.631. The van der Waals surface area contributed by atoms with Crippen LogP contribution in [0.3, 0.4) is 0 Å². The molecule has 1 aromatic carbocycles. The minimum atomic E-state index is -0.232. The minimum absolute atomic E-state index is 0.232. The van der Waals surface area contributed by atoms with E-state index in [9.17, 15) is 4.39 Å². The van der Waals surface area contributed by atoms with Crippen LogP contribution in [0.25, 0.3) is 10.4 Å². The molecule has 0 radical (unpaired) electrons. The van der Waals surface area contributed by atoms with E-state index in [1.54, 1.807) is 12.1 Å². The zero-order chi connectivity index (χ0) is 10.8. The minimum Gasteiger partial charge on any atom is -0.233 e. The fourth-order valence-corrected chi connectivity index (χ4v) is 3.33. The predicted molar refractivity (Wildman–Crippen MR) is 69.8 cm³/mol. The Hall–Kier alpha value is -0.200. The van der Waals surface area contributed by atoms with Gasteiger partial charge in [0.2, 0.25) is 0 Å². The van der Waals surface area contributed by atoms with Crippen LogP contribution in [-0.4, -0.2) is 4.98 Å². The first-order valence-corrected chi connectivity index (χ1v) is 6.61. The summed E-state index contributed by atoms with van der Waals surface area (Å²) < 4.78 is 14.4. The van der Waals surface area contributed by atoms with Crippen molar-refractivity contribution in [1.82, 2.24) is 4.98 Å². The SMILES string of the molecule is Fc1ccccc1-c1sc(I)nc1CCl. The average Bonchev–Trinajstić information content (AvgIpc) is 2.60. The van der Waals surface area contributed by atoms with Crippen molar-refractivity contribution in [1.29, 1.82) is 0 Å². The van der Waals surface area contributed by atoms with Crippen molar-refractivity contribution in [3.63, 3.8) is 0 Å². The fourth-order valence-electron chi connectivity index (χ4n) is 1.27. The van der Waals surface area contributed by atoms with Gasteiger partial charge in [-0.1, -0.05) is 18.2 Å². The smallest absolute Gasteiger partial charge is 0.154 e. The lowest BCUT2D eigenvalue weighted by Crippen LogP contribution is -1.85. The van der Waals surface area contributed by atoms with Crippen LogP contribution in [0, 0.1) is 8.83 Å². The maximum atomic E-state index is 13.5. The summed E-state index contributed by atoms with van der Waals surface area (Å²) in [7, 11) is 0. The molecule has 0 aliphatic carbocycles. The topological polar surface area (TPSA) is 12.9 Å². The highest BCUT2D eigenvalue weighted by Gasteiger charge is 2.13. The quantitative estimate of drug-likeness (QED) is 0.580. The van der Waals surface area contributed by atoms with Gasteiger partial charge in [-0.3, -0.25) is 0 Å². The van der Waals surface area contributed by atoms with Crippen LogP contribution >= 0.6 is 45.5 Å². The van der Waals surface area contributed by atoms with Crippen LogP contribution in [0.4, 0.5) is 4.39 Å². The predicted octanol–water partition coefficient (Wildman–Crippen LogP) is 4.29. The van der Waals surface area contributed by atoms with Crippen LogP contribution < -0.4 is 0 Å². The van der Waals surface area contributed by atoms with Gasteiger partial charge in [-0.15, -0.1) is 22.9 Å². The van der Waals surface area contributed by atoms with E-state index in [2.05, 4.69) is 27.6 Å². The van der Waals surface area contributed by atoms with E-state index in [0.717, 1.165) is 13.6 Å². The number of halogens is 3. The van der Waals surface area contributed by atoms with Gasteiger partial charge in [-0.25, -0.2) is 9.37 Å². The van der Waals surface area contributed by atoms with E-state index in [-0.39, 0.29) is 5.82 Å². The summed E-state index contributed by atoms with van der Waals surface area (Å²) in [6, 6.07) is 6.67. The fraction of sp³-hybridized carbons (Fsp3) is 0.100. The molecule has 15 heavy (non-hydrogen) atoms. The van der Waals surface area contributed by atoms with E-state index in [4.69, 9.17) is 11.6 Å². The maximum Gasteiger partial charge on any atom is 0.154 e. The van der Waals surface area contributed by atoms with E-state index >= 15 is 0 Å². The second kappa shape index (κ2) is 4.76. The standard InChI is InChI=1S/C10H6ClFINS/c11-5-8-9(15-10(13)14-8)6-3-1-2-4-7(6)12/h1-4H,5H2. The highest BCUT2D eigenvalue weighted by atomic mass is 127. The first-order chi connectivity index (χ1) is 7.22. The molecule has 0 atom stereocenters. The molecule has 0 amide bonds. The normalized spacial score (nSPS) is 10.6. The molecule has 78 valence electrons. The second-order valence-electron chi connectivity index (χ2n) is 2.86. The van der Waals surface area contributed by atoms with E-state index in [1.807, 2.05) is 6.07 Å². The second-order valence-corrected chi connectivity index (χ2v) is 5.88. The third-order valence-electron chi connectivity index (χ3n) is 1.92. The van der Waals surface area contributed by atoms with Gasteiger partial charge in [0.25, 0.3) is 0 Å². The molecule has 0 saturated heterocycles.